The summed E-state index contributed by atoms with van der Waals surface area (Å²) >= 11 is 0. The van der Waals surface area contributed by atoms with Gasteiger partial charge in [-0.2, -0.15) is 0 Å². The van der Waals surface area contributed by atoms with Gasteiger partial charge in [-0.1, -0.05) is 30.9 Å². The van der Waals surface area contributed by atoms with Crippen LogP contribution in [0, 0.1) is 0 Å². The topological polar surface area (TPSA) is 73.6 Å². The predicted octanol–water partition coefficient (Wildman–Crippen LogP) is 8.04. The van der Waals surface area contributed by atoms with E-state index < -0.39 is 5.97 Å². The van der Waals surface area contributed by atoms with E-state index in [1.54, 1.807) is 12.1 Å². The molecular weight excluding hydrogens is 464 g/mol. The smallest absolute Gasteiger partial charge is 0.335 e. The van der Waals surface area contributed by atoms with Crippen LogP contribution in [0.4, 0.5) is 0 Å². The lowest BCUT2D eigenvalue weighted by molar-refractivity contribution is 0.0697. The summed E-state index contributed by atoms with van der Waals surface area (Å²) < 4.78 is 14.2. The van der Waals surface area contributed by atoms with Crippen LogP contribution in [-0.2, 0) is 0 Å². The monoisotopic (exact) mass is 496 g/mol. The van der Waals surface area contributed by atoms with Gasteiger partial charge in [0.15, 0.2) is 0 Å². The largest absolute Gasteiger partial charge is 0.489 e. The number of hydrogen-bond acceptors (Lipinski definition) is 4. The summed E-state index contributed by atoms with van der Waals surface area (Å²) in [6, 6.07) is 21.1. The first kappa shape index (κ1) is 24.6. The number of carboxylic acid groups (broad SMARTS) is 1. The fourth-order valence-electron chi connectivity index (χ4n) is 4.88. The maximum absolute atomic E-state index is 11.5. The van der Waals surface area contributed by atoms with Gasteiger partial charge in [-0.15, -0.1) is 0 Å². The highest BCUT2D eigenvalue weighted by molar-refractivity contribution is 5.93. The molecule has 0 amide bonds. The molecule has 0 spiro atoms. The molecule has 6 heteroatoms. The standard InChI is InChI=1S/C31H32N2O4/c1-21(2)17-18-36-26-9-6-10-27(20-26)37-25-14-11-22(12-15-25)30-32-28-19-23(31(34)35)13-16-29(28)33(30)24-7-4-3-5-8-24/h6,9-17,19-20,24H,3-5,7-8,18H2,1-2H3,(H,34,35). The van der Waals surface area contributed by atoms with Crippen molar-refractivity contribution in [1.82, 2.24) is 9.55 Å². The molecule has 0 saturated heterocycles. The Morgan fingerprint density at radius 2 is 1.73 bits per heavy atom. The lowest BCUT2D eigenvalue weighted by atomic mass is 9.95. The summed E-state index contributed by atoms with van der Waals surface area (Å²) in [5.41, 5.74) is 4.14. The summed E-state index contributed by atoms with van der Waals surface area (Å²) in [5.74, 6) is 2.11. The van der Waals surface area contributed by atoms with Crippen LogP contribution in [0.15, 0.2) is 78.4 Å². The molecular formula is C31H32N2O4. The summed E-state index contributed by atoms with van der Waals surface area (Å²) in [7, 11) is 0. The molecule has 0 radical (unpaired) electrons. The van der Waals surface area contributed by atoms with Gasteiger partial charge in [-0.05, 0) is 87.4 Å². The number of fused-ring (bicyclic) bond motifs is 1. The highest BCUT2D eigenvalue weighted by Crippen LogP contribution is 2.37. The molecule has 0 atom stereocenters. The van der Waals surface area contributed by atoms with E-state index in [9.17, 15) is 9.90 Å². The van der Waals surface area contributed by atoms with Crippen LogP contribution >= 0.6 is 0 Å². The molecule has 0 aliphatic heterocycles. The van der Waals surface area contributed by atoms with Gasteiger partial charge in [0.2, 0.25) is 0 Å². The van der Waals surface area contributed by atoms with Gasteiger partial charge in [-0.3, -0.25) is 0 Å². The molecule has 1 saturated carbocycles. The van der Waals surface area contributed by atoms with Crippen LogP contribution in [0.2, 0.25) is 0 Å². The van der Waals surface area contributed by atoms with Crippen molar-refractivity contribution in [3.05, 3.63) is 83.9 Å². The number of hydrogen-bond donors (Lipinski definition) is 1. The zero-order valence-electron chi connectivity index (χ0n) is 21.3. The molecule has 1 aliphatic carbocycles. The number of imidazole rings is 1. The van der Waals surface area contributed by atoms with Crippen LogP contribution in [0.25, 0.3) is 22.4 Å². The van der Waals surface area contributed by atoms with Crippen LogP contribution in [0.5, 0.6) is 17.2 Å². The first-order valence-corrected chi connectivity index (χ1v) is 12.9. The van der Waals surface area contributed by atoms with Crippen molar-refractivity contribution in [3.8, 4) is 28.6 Å². The van der Waals surface area contributed by atoms with E-state index in [1.165, 1.54) is 24.8 Å². The minimum Gasteiger partial charge on any atom is -0.489 e. The minimum absolute atomic E-state index is 0.253. The second-order valence-electron chi connectivity index (χ2n) is 9.80. The van der Waals surface area contributed by atoms with Crippen molar-refractivity contribution in [2.45, 2.75) is 52.0 Å². The fourth-order valence-corrected chi connectivity index (χ4v) is 4.88. The number of carbonyl (C=O) groups is 1. The Hall–Kier alpha value is -4.06. The number of aromatic carboxylic acids is 1. The Labute approximate surface area is 217 Å². The number of nitrogens with zero attached hydrogens (tertiary/aromatic N) is 2. The van der Waals surface area contributed by atoms with Gasteiger partial charge in [0.1, 0.15) is 29.7 Å². The number of benzene rings is 3. The maximum atomic E-state index is 11.5. The molecule has 0 bridgehead atoms. The molecule has 4 aromatic rings. The Kier molecular flexibility index (Phi) is 7.26. The van der Waals surface area contributed by atoms with Crippen LogP contribution in [0.3, 0.4) is 0 Å². The van der Waals surface area contributed by atoms with E-state index in [2.05, 4.69) is 4.57 Å². The molecule has 190 valence electrons. The van der Waals surface area contributed by atoms with Crippen molar-refractivity contribution in [2.75, 3.05) is 6.61 Å². The van der Waals surface area contributed by atoms with Gasteiger partial charge in [0.05, 0.1) is 16.6 Å². The third-order valence-electron chi connectivity index (χ3n) is 6.77. The predicted molar refractivity (Wildman–Crippen MR) is 146 cm³/mol. The zero-order chi connectivity index (χ0) is 25.8. The van der Waals surface area contributed by atoms with Gasteiger partial charge in [-0.25, -0.2) is 9.78 Å². The van der Waals surface area contributed by atoms with Crippen molar-refractivity contribution < 1.29 is 19.4 Å². The van der Waals surface area contributed by atoms with Crippen molar-refractivity contribution in [1.29, 1.82) is 0 Å². The molecule has 1 heterocycles. The summed E-state index contributed by atoms with van der Waals surface area (Å²) in [4.78, 5) is 16.4. The van der Waals surface area contributed by atoms with E-state index in [4.69, 9.17) is 14.5 Å². The molecule has 1 fully saturated rings. The van der Waals surface area contributed by atoms with Gasteiger partial charge in [0, 0.05) is 17.7 Å². The first-order valence-electron chi connectivity index (χ1n) is 12.9. The molecule has 1 N–H and O–H groups in total. The van der Waals surface area contributed by atoms with Crippen molar-refractivity contribution in [3.63, 3.8) is 0 Å². The molecule has 5 rings (SSSR count). The van der Waals surface area contributed by atoms with Crippen LogP contribution in [-0.4, -0.2) is 27.2 Å². The second kappa shape index (κ2) is 10.9. The van der Waals surface area contributed by atoms with E-state index in [0.29, 0.717) is 23.9 Å². The molecule has 37 heavy (non-hydrogen) atoms. The maximum Gasteiger partial charge on any atom is 0.335 e. The quantitative estimate of drug-likeness (QED) is 0.250. The first-order chi connectivity index (χ1) is 18.0. The van der Waals surface area contributed by atoms with Gasteiger partial charge in [0.25, 0.3) is 0 Å². The van der Waals surface area contributed by atoms with Crippen LogP contribution in [0.1, 0.15) is 62.4 Å². The lowest BCUT2D eigenvalue weighted by Gasteiger charge is -2.25. The average molecular weight is 497 g/mol. The fraction of sp³-hybridized carbons (Fsp3) is 0.290. The van der Waals surface area contributed by atoms with E-state index in [1.807, 2.05) is 74.5 Å². The Bertz CT molecular complexity index is 1430. The SMILES string of the molecule is CC(C)=CCOc1cccc(Oc2ccc(-c3nc4cc(C(=O)O)ccc4n3C3CCCCC3)cc2)c1. The molecule has 6 nitrogen and oxygen atoms in total. The third kappa shape index (κ3) is 5.69. The molecule has 1 aromatic heterocycles. The highest BCUT2D eigenvalue weighted by Gasteiger charge is 2.23. The van der Waals surface area contributed by atoms with Crippen LogP contribution < -0.4 is 9.47 Å². The normalized spacial score (nSPS) is 13.9. The molecule has 0 unspecified atom stereocenters. The van der Waals surface area contributed by atoms with Gasteiger partial charge < -0.3 is 19.1 Å². The number of ether oxygens (including phenoxy) is 2. The molecule has 3 aromatic carbocycles. The number of allylic oxidation sites excluding steroid dienone is 1. The van der Waals surface area contributed by atoms with Crippen molar-refractivity contribution in [2.24, 2.45) is 0 Å². The summed E-state index contributed by atoms with van der Waals surface area (Å²) in [5, 5.41) is 9.46. The minimum atomic E-state index is -0.941. The van der Waals surface area contributed by atoms with Gasteiger partial charge >= 0.3 is 5.97 Å². The Morgan fingerprint density at radius 3 is 2.46 bits per heavy atom. The Balaban J connectivity index is 1.42. The second-order valence-corrected chi connectivity index (χ2v) is 9.80. The van der Waals surface area contributed by atoms with Crippen molar-refractivity contribution >= 4 is 17.0 Å². The van der Waals surface area contributed by atoms with E-state index in [-0.39, 0.29) is 5.56 Å². The van der Waals surface area contributed by atoms with E-state index >= 15 is 0 Å². The molecule has 1 aliphatic rings. The number of aromatic nitrogens is 2. The Morgan fingerprint density at radius 1 is 0.973 bits per heavy atom. The number of rotatable bonds is 8. The average Bonchev–Trinajstić information content (AvgIpc) is 3.28. The third-order valence-corrected chi connectivity index (χ3v) is 6.77. The van der Waals surface area contributed by atoms with E-state index in [0.717, 1.165) is 41.2 Å². The highest BCUT2D eigenvalue weighted by atomic mass is 16.5. The number of carboxylic acids is 1. The summed E-state index contributed by atoms with van der Waals surface area (Å²) in [6.45, 7) is 4.62. The lowest BCUT2D eigenvalue weighted by Crippen LogP contribution is -2.14. The summed E-state index contributed by atoms with van der Waals surface area (Å²) in [6.07, 6.45) is 7.89. The zero-order valence-corrected chi connectivity index (χ0v) is 21.3.